The molecule has 1 heterocycles. The molecule has 0 spiro atoms. The zero-order valence-electron chi connectivity index (χ0n) is 12.7. The molecule has 0 aromatic heterocycles. The van der Waals surface area contributed by atoms with E-state index in [0.717, 1.165) is 13.1 Å². The van der Waals surface area contributed by atoms with Crippen LogP contribution in [0.2, 0.25) is 0 Å². The molecule has 2 heteroatoms. The number of unbranched alkanes of at least 4 members (excludes halogenated alkanes) is 6. The number of piperazine rings is 1. The van der Waals surface area contributed by atoms with Crippen LogP contribution in [-0.4, -0.2) is 25.2 Å². The molecule has 1 aliphatic rings. The molecule has 0 unspecified atom stereocenters. The van der Waals surface area contributed by atoms with Gasteiger partial charge in [-0.15, -0.1) is 0 Å². The van der Waals surface area contributed by atoms with Crippen LogP contribution >= 0.6 is 0 Å². The second-order valence-electron chi connectivity index (χ2n) is 6.01. The van der Waals surface area contributed by atoms with Crippen LogP contribution in [0.3, 0.4) is 0 Å². The van der Waals surface area contributed by atoms with Gasteiger partial charge in [0, 0.05) is 25.2 Å². The highest BCUT2D eigenvalue weighted by Gasteiger charge is 2.30. The summed E-state index contributed by atoms with van der Waals surface area (Å²) in [5.41, 5.74) is 0.416. The van der Waals surface area contributed by atoms with Crippen molar-refractivity contribution in [1.82, 2.24) is 10.6 Å². The zero-order valence-corrected chi connectivity index (χ0v) is 12.7. The first-order chi connectivity index (χ1) is 8.83. The minimum Gasteiger partial charge on any atom is -0.314 e. The molecule has 0 amide bonds. The normalized spacial score (nSPS) is 19.0. The lowest BCUT2D eigenvalue weighted by Crippen LogP contribution is -2.59. The zero-order chi connectivity index (χ0) is 13.1. The largest absolute Gasteiger partial charge is 0.314 e. The van der Waals surface area contributed by atoms with E-state index < -0.39 is 0 Å². The van der Waals surface area contributed by atoms with Gasteiger partial charge in [0.1, 0.15) is 0 Å². The van der Waals surface area contributed by atoms with Crippen LogP contribution in [0, 0.1) is 0 Å². The summed E-state index contributed by atoms with van der Waals surface area (Å²) in [5, 5.41) is 7.42. The van der Waals surface area contributed by atoms with Gasteiger partial charge in [0.05, 0.1) is 0 Å². The summed E-state index contributed by atoms with van der Waals surface area (Å²) in [6.07, 6.45) is 13.8. The summed E-state index contributed by atoms with van der Waals surface area (Å²) < 4.78 is 0. The Balaban J connectivity index is 2.27. The second-order valence-corrected chi connectivity index (χ2v) is 6.01. The summed E-state index contributed by atoms with van der Waals surface area (Å²) >= 11 is 0. The molecule has 0 saturated carbocycles. The first-order valence-electron chi connectivity index (χ1n) is 8.29. The first-order valence-corrected chi connectivity index (χ1v) is 8.29. The monoisotopic (exact) mass is 254 g/mol. The first kappa shape index (κ1) is 16.0. The van der Waals surface area contributed by atoms with E-state index in [2.05, 4.69) is 24.5 Å². The molecular weight excluding hydrogens is 220 g/mol. The van der Waals surface area contributed by atoms with Gasteiger partial charge in [0.25, 0.3) is 0 Å². The van der Waals surface area contributed by atoms with E-state index in [-0.39, 0.29) is 0 Å². The third kappa shape index (κ3) is 6.19. The molecule has 18 heavy (non-hydrogen) atoms. The quantitative estimate of drug-likeness (QED) is 0.579. The molecule has 0 aromatic carbocycles. The molecule has 108 valence electrons. The van der Waals surface area contributed by atoms with Gasteiger partial charge in [0.2, 0.25) is 0 Å². The lowest BCUT2D eigenvalue weighted by atomic mass is 9.85. The van der Waals surface area contributed by atoms with Crippen molar-refractivity contribution >= 4 is 0 Å². The lowest BCUT2D eigenvalue weighted by molar-refractivity contribution is 0.224. The van der Waals surface area contributed by atoms with E-state index in [4.69, 9.17) is 0 Å². The van der Waals surface area contributed by atoms with Crippen LogP contribution in [0.25, 0.3) is 0 Å². The summed E-state index contributed by atoms with van der Waals surface area (Å²) in [5.74, 6) is 0. The van der Waals surface area contributed by atoms with E-state index in [1.54, 1.807) is 0 Å². The fourth-order valence-electron chi connectivity index (χ4n) is 3.07. The Hall–Kier alpha value is -0.0800. The highest BCUT2D eigenvalue weighted by molar-refractivity contribution is 4.93. The fourth-order valence-corrected chi connectivity index (χ4v) is 3.07. The van der Waals surface area contributed by atoms with Gasteiger partial charge in [-0.3, -0.25) is 0 Å². The van der Waals surface area contributed by atoms with Crippen LogP contribution in [-0.2, 0) is 0 Å². The number of hydrogen-bond donors (Lipinski definition) is 2. The molecule has 1 fully saturated rings. The van der Waals surface area contributed by atoms with Gasteiger partial charge in [-0.2, -0.15) is 0 Å². The standard InChI is InChI=1S/C16H34N2/c1-3-5-7-9-11-16(12-10-8-6-4-2)15-17-13-14-18-16/h17-18H,3-15H2,1-2H3. The Bertz CT molecular complexity index is 172. The van der Waals surface area contributed by atoms with E-state index in [9.17, 15) is 0 Å². The Morgan fingerprint density at radius 3 is 1.83 bits per heavy atom. The Kier molecular flexibility index (Phi) is 8.70. The van der Waals surface area contributed by atoms with Crippen molar-refractivity contribution in [3.05, 3.63) is 0 Å². The van der Waals surface area contributed by atoms with Gasteiger partial charge < -0.3 is 10.6 Å². The maximum absolute atomic E-state index is 3.82. The average Bonchev–Trinajstić information content (AvgIpc) is 2.41. The van der Waals surface area contributed by atoms with Gasteiger partial charge in [-0.1, -0.05) is 65.2 Å². The highest BCUT2D eigenvalue weighted by atomic mass is 15.1. The van der Waals surface area contributed by atoms with E-state index in [1.807, 2.05) is 0 Å². The molecule has 0 aromatic rings. The SMILES string of the molecule is CCCCCCC1(CCCCCC)CNCCN1. The smallest absolute Gasteiger partial charge is 0.0306 e. The molecule has 0 bridgehead atoms. The minimum atomic E-state index is 0.416. The molecule has 0 aliphatic carbocycles. The predicted molar refractivity (Wildman–Crippen MR) is 81.1 cm³/mol. The van der Waals surface area contributed by atoms with Crippen LogP contribution < -0.4 is 10.6 Å². The topological polar surface area (TPSA) is 24.1 Å². The van der Waals surface area contributed by atoms with Crippen LogP contribution in [0.5, 0.6) is 0 Å². The van der Waals surface area contributed by atoms with Gasteiger partial charge in [-0.05, 0) is 12.8 Å². The second kappa shape index (κ2) is 9.80. The Labute approximate surface area is 114 Å². The van der Waals surface area contributed by atoms with Crippen molar-refractivity contribution in [3.63, 3.8) is 0 Å². The predicted octanol–water partition coefficient (Wildman–Crippen LogP) is 3.86. The van der Waals surface area contributed by atoms with Crippen LogP contribution in [0.1, 0.15) is 78.1 Å². The Morgan fingerprint density at radius 1 is 0.778 bits per heavy atom. The number of rotatable bonds is 10. The van der Waals surface area contributed by atoms with E-state index >= 15 is 0 Å². The van der Waals surface area contributed by atoms with Crippen LogP contribution in [0.4, 0.5) is 0 Å². The maximum atomic E-state index is 3.82. The van der Waals surface area contributed by atoms with Crippen molar-refractivity contribution in [2.75, 3.05) is 19.6 Å². The minimum absolute atomic E-state index is 0.416. The molecule has 0 atom stereocenters. The number of nitrogens with one attached hydrogen (secondary N) is 2. The maximum Gasteiger partial charge on any atom is 0.0306 e. The van der Waals surface area contributed by atoms with Crippen molar-refractivity contribution in [3.8, 4) is 0 Å². The molecule has 2 nitrogen and oxygen atoms in total. The molecule has 2 N–H and O–H groups in total. The summed E-state index contributed by atoms with van der Waals surface area (Å²) in [6, 6.07) is 0. The molecular formula is C16H34N2. The van der Waals surface area contributed by atoms with Crippen molar-refractivity contribution in [1.29, 1.82) is 0 Å². The van der Waals surface area contributed by atoms with Crippen molar-refractivity contribution in [2.45, 2.75) is 83.6 Å². The van der Waals surface area contributed by atoms with E-state index in [1.165, 1.54) is 70.8 Å². The van der Waals surface area contributed by atoms with Crippen molar-refractivity contribution < 1.29 is 0 Å². The molecule has 1 rings (SSSR count). The molecule has 1 aliphatic heterocycles. The van der Waals surface area contributed by atoms with Gasteiger partial charge in [-0.25, -0.2) is 0 Å². The molecule has 0 radical (unpaired) electrons. The third-order valence-corrected chi connectivity index (χ3v) is 4.28. The average molecular weight is 254 g/mol. The van der Waals surface area contributed by atoms with E-state index in [0.29, 0.717) is 5.54 Å². The number of hydrogen-bond acceptors (Lipinski definition) is 2. The lowest BCUT2D eigenvalue weighted by Gasteiger charge is -2.39. The third-order valence-electron chi connectivity index (χ3n) is 4.28. The van der Waals surface area contributed by atoms with Gasteiger partial charge >= 0.3 is 0 Å². The molecule has 1 saturated heterocycles. The summed E-state index contributed by atoms with van der Waals surface area (Å²) in [7, 11) is 0. The van der Waals surface area contributed by atoms with Gasteiger partial charge in [0.15, 0.2) is 0 Å². The van der Waals surface area contributed by atoms with Crippen molar-refractivity contribution in [2.24, 2.45) is 0 Å². The Morgan fingerprint density at radius 2 is 1.39 bits per heavy atom. The summed E-state index contributed by atoms with van der Waals surface area (Å²) in [4.78, 5) is 0. The fraction of sp³-hybridized carbons (Fsp3) is 1.00. The van der Waals surface area contributed by atoms with Crippen LogP contribution in [0.15, 0.2) is 0 Å². The summed E-state index contributed by atoms with van der Waals surface area (Å²) in [6.45, 7) is 8.07. The highest BCUT2D eigenvalue weighted by Crippen LogP contribution is 2.23.